The Bertz CT molecular complexity index is 1130. The van der Waals surface area contributed by atoms with Crippen LogP contribution in [-0.4, -0.2) is 42.0 Å². The highest BCUT2D eigenvalue weighted by atomic mass is 19.3. The number of carbonyl (C=O) groups excluding carboxylic acids is 1. The molecule has 1 aromatic carbocycles. The zero-order chi connectivity index (χ0) is 24.6. The first-order valence-corrected chi connectivity index (χ1v) is 11.1. The van der Waals surface area contributed by atoms with Crippen molar-refractivity contribution in [2.75, 3.05) is 18.0 Å². The number of halogens is 4. The second-order valence-electron chi connectivity index (χ2n) is 9.24. The molecule has 1 aliphatic heterocycles. The van der Waals surface area contributed by atoms with Crippen molar-refractivity contribution < 1.29 is 22.4 Å². The van der Waals surface area contributed by atoms with Crippen molar-refractivity contribution in [2.45, 2.75) is 50.6 Å². The number of rotatable bonds is 7. The maximum Gasteiger partial charge on any atom is 0.255 e. The van der Waals surface area contributed by atoms with E-state index in [2.05, 4.69) is 10.3 Å². The Morgan fingerprint density at radius 2 is 2.00 bits per heavy atom. The third-order valence-corrected chi connectivity index (χ3v) is 6.50. The molecule has 0 bridgehead atoms. The van der Waals surface area contributed by atoms with Gasteiger partial charge in [-0.15, -0.1) is 0 Å². The Hall–Kier alpha value is -3.19. The molecule has 180 valence electrons. The van der Waals surface area contributed by atoms with Crippen LogP contribution in [0, 0.1) is 28.9 Å². The maximum atomic E-state index is 14.1. The fourth-order valence-corrected chi connectivity index (χ4v) is 4.61. The van der Waals surface area contributed by atoms with Crippen LogP contribution in [-0.2, 0) is 0 Å². The van der Waals surface area contributed by atoms with Gasteiger partial charge in [-0.05, 0) is 49.8 Å². The van der Waals surface area contributed by atoms with Crippen molar-refractivity contribution >= 4 is 11.6 Å². The number of nitriles is 1. The number of hydrogen-bond donors (Lipinski definition) is 2. The molecule has 1 aliphatic carbocycles. The summed E-state index contributed by atoms with van der Waals surface area (Å²) in [5.74, 6) is -1.83. The lowest BCUT2D eigenvalue weighted by molar-refractivity contribution is 0.0935. The number of anilines is 1. The number of aromatic nitrogens is 1. The number of amides is 1. The van der Waals surface area contributed by atoms with Gasteiger partial charge in [0, 0.05) is 48.9 Å². The number of hydrogen-bond acceptors (Lipinski definition) is 5. The molecule has 1 aromatic heterocycles. The molecule has 6 nitrogen and oxygen atoms in total. The highest BCUT2D eigenvalue weighted by Crippen LogP contribution is 2.41. The van der Waals surface area contributed by atoms with E-state index in [1.807, 2.05) is 13.0 Å². The molecule has 1 saturated carbocycles. The van der Waals surface area contributed by atoms with Crippen molar-refractivity contribution in [1.29, 1.82) is 5.26 Å². The lowest BCUT2D eigenvalue weighted by Crippen LogP contribution is -2.44. The molecular weight excluding hydrogens is 450 g/mol. The molecule has 2 aromatic rings. The van der Waals surface area contributed by atoms with Crippen LogP contribution in [0.2, 0.25) is 0 Å². The van der Waals surface area contributed by atoms with Gasteiger partial charge in [-0.2, -0.15) is 5.26 Å². The molecule has 4 rings (SSSR count). The first kappa shape index (κ1) is 24.0. The summed E-state index contributed by atoms with van der Waals surface area (Å²) in [5.41, 5.74) is 5.24. The van der Waals surface area contributed by atoms with Gasteiger partial charge < -0.3 is 16.0 Å². The van der Waals surface area contributed by atoms with Gasteiger partial charge in [0.1, 0.15) is 23.4 Å². The largest absolute Gasteiger partial charge is 0.368 e. The summed E-state index contributed by atoms with van der Waals surface area (Å²) in [5, 5.41) is 12.6. The molecule has 1 amide bonds. The van der Waals surface area contributed by atoms with Crippen molar-refractivity contribution in [1.82, 2.24) is 10.3 Å². The minimum Gasteiger partial charge on any atom is -0.368 e. The fourth-order valence-electron chi connectivity index (χ4n) is 4.61. The van der Waals surface area contributed by atoms with Gasteiger partial charge >= 0.3 is 0 Å². The van der Waals surface area contributed by atoms with E-state index in [1.165, 1.54) is 6.20 Å². The maximum absolute atomic E-state index is 14.1. The molecule has 2 atom stereocenters. The molecule has 34 heavy (non-hydrogen) atoms. The van der Waals surface area contributed by atoms with Gasteiger partial charge in [-0.25, -0.2) is 22.5 Å². The molecule has 1 saturated heterocycles. The Balaban J connectivity index is 1.85. The van der Waals surface area contributed by atoms with Gasteiger partial charge in [-0.3, -0.25) is 4.79 Å². The van der Waals surface area contributed by atoms with E-state index in [0.717, 1.165) is 25.0 Å². The van der Waals surface area contributed by atoms with Crippen LogP contribution in [0.1, 0.15) is 48.7 Å². The van der Waals surface area contributed by atoms with E-state index < -0.39 is 35.9 Å². The highest BCUT2D eigenvalue weighted by Gasteiger charge is 2.40. The second-order valence-corrected chi connectivity index (χ2v) is 9.24. The van der Waals surface area contributed by atoms with Crippen LogP contribution in [0.3, 0.4) is 0 Å². The van der Waals surface area contributed by atoms with Gasteiger partial charge in [0.25, 0.3) is 5.91 Å². The second kappa shape index (κ2) is 9.22. The Labute approximate surface area is 194 Å². The van der Waals surface area contributed by atoms with E-state index in [0.29, 0.717) is 12.0 Å². The predicted molar refractivity (Wildman–Crippen MR) is 118 cm³/mol. The zero-order valence-corrected chi connectivity index (χ0v) is 18.6. The standard InChI is InChI=1S/C24H25F4N5O/c1-13(14-2-3-14)32-23(34)18-11-31-19(10-29)21(15-6-16(25)8-17(26)7-15)22(18)33-5-4-24(30,12-33)9-20(27)28/h6-8,11,13-14,20H,2-5,9,12,30H2,1H3,(H,32,34)/t13-,24-/m0/s1. The lowest BCUT2D eigenvalue weighted by Gasteiger charge is -2.28. The molecule has 2 fully saturated rings. The van der Waals surface area contributed by atoms with Gasteiger partial charge in [0.05, 0.1) is 11.3 Å². The van der Waals surface area contributed by atoms with Crippen molar-refractivity contribution in [2.24, 2.45) is 11.7 Å². The number of carbonyl (C=O) groups is 1. The number of nitrogens with two attached hydrogens (primary N) is 1. The Kier molecular flexibility index (Phi) is 6.49. The molecule has 2 heterocycles. The number of alkyl halides is 2. The van der Waals surface area contributed by atoms with E-state index >= 15 is 0 Å². The minimum absolute atomic E-state index is 0.0184. The first-order chi connectivity index (χ1) is 16.1. The summed E-state index contributed by atoms with van der Waals surface area (Å²) in [6.07, 6.45) is 0.316. The molecule has 2 aliphatic rings. The van der Waals surface area contributed by atoms with Crippen LogP contribution in [0.25, 0.3) is 11.1 Å². The quantitative estimate of drug-likeness (QED) is 0.591. The predicted octanol–water partition coefficient (Wildman–Crippen LogP) is 3.99. The SMILES string of the molecule is C[C@H](NC(=O)c1cnc(C#N)c(-c2cc(F)cc(F)c2)c1N1CC[C@](N)(CC(F)F)C1)C1CC1. The third-order valence-electron chi connectivity index (χ3n) is 6.50. The van der Waals surface area contributed by atoms with Gasteiger partial charge in [0.15, 0.2) is 0 Å². The molecule has 0 radical (unpaired) electrons. The minimum atomic E-state index is -2.61. The summed E-state index contributed by atoms with van der Waals surface area (Å²) in [4.78, 5) is 19.0. The lowest BCUT2D eigenvalue weighted by atomic mass is 9.95. The Morgan fingerprint density at radius 1 is 1.32 bits per heavy atom. The van der Waals surface area contributed by atoms with Gasteiger partial charge in [0.2, 0.25) is 6.43 Å². The Morgan fingerprint density at radius 3 is 2.59 bits per heavy atom. The fraction of sp³-hybridized carbons (Fsp3) is 0.458. The molecule has 3 N–H and O–H groups in total. The molecule has 10 heteroatoms. The van der Waals surface area contributed by atoms with E-state index in [4.69, 9.17) is 5.73 Å². The summed E-state index contributed by atoms with van der Waals surface area (Å²) < 4.78 is 54.5. The van der Waals surface area contributed by atoms with E-state index in [-0.39, 0.29) is 53.6 Å². The molecule has 0 spiro atoms. The molecular formula is C24H25F4N5O. The van der Waals surface area contributed by atoms with Crippen molar-refractivity contribution in [3.05, 3.63) is 47.3 Å². The van der Waals surface area contributed by atoms with Crippen LogP contribution in [0.5, 0.6) is 0 Å². The number of benzene rings is 1. The zero-order valence-electron chi connectivity index (χ0n) is 18.6. The first-order valence-electron chi connectivity index (χ1n) is 11.1. The van der Waals surface area contributed by atoms with Crippen LogP contribution in [0.15, 0.2) is 24.4 Å². The number of pyridine rings is 1. The molecule has 0 unspecified atom stereocenters. The van der Waals surface area contributed by atoms with E-state index in [1.54, 1.807) is 4.90 Å². The van der Waals surface area contributed by atoms with Crippen LogP contribution in [0.4, 0.5) is 23.2 Å². The summed E-state index contributed by atoms with van der Waals surface area (Å²) in [6, 6.07) is 4.60. The average molecular weight is 475 g/mol. The van der Waals surface area contributed by atoms with Gasteiger partial charge in [-0.1, -0.05) is 0 Å². The van der Waals surface area contributed by atoms with Crippen molar-refractivity contribution in [3.8, 4) is 17.2 Å². The van der Waals surface area contributed by atoms with Crippen LogP contribution >= 0.6 is 0 Å². The average Bonchev–Trinajstić information content (AvgIpc) is 3.54. The summed E-state index contributed by atoms with van der Waals surface area (Å²) in [6.45, 7) is 2.09. The normalized spacial score (nSPS) is 20.9. The smallest absolute Gasteiger partial charge is 0.255 e. The van der Waals surface area contributed by atoms with E-state index in [9.17, 15) is 27.6 Å². The topological polar surface area (TPSA) is 95.0 Å². The number of nitrogens with one attached hydrogen (secondary N) is 1. The summed E-state index contributed by atoms with van der Waals surface area (Å²) in [7, 11) is 0. The number of nitrogens with zero attached hydrogens (tertiary/aromatic N) is 3. The highest BCUT2D eigenvalue weighted by molar-refractivity contribution is 6.04. The third kappa shape index (κ3) is 4.99. The monoisotopic (exact) mass is 475 g/mol. The summed E-state index contributed by atoms with van der Waals surface area (Å²) >= 11 is 0. The van der Waals surface area contributed by atoms with Crippen LogP contribution < -0.4 is 16.0 Å². The van der Waals surface area contributed by atoms with Crippen molar-refractivity contribution in [3.63, 3.8) is 0 Å².